The number of likely N-dealkylation sites (tertiary alicyclic amines) is 1. The van der Waals surface area contributed by atoms with Crippen LogP contribution in [0.4, 0.5) is 5.69 Å². The molecule has 7 rings (SSSR count). The van der Waals surface area contributed by atoms with E-state index in [-0.39, 0.29) is 35.1 Å². The molecule has 2 aromatic carbocycles. The summed E-state index contributed by atoms with van der Waals surface area (Å²) in [5, 5.41) is 8.98. The lowest BCUT2D eigenvalue weighted by Crippen LogP contribution is -2.53. The molecule has 3 fully saturated rings. The number of rotatable bonds is 5. The van der Waals surface area contributed by atoms with Gasteiger partial charge in [-0.3, -0.25) is 34.1 Å². The van der Waals surface area contributed by atoms with Gasteiger partial charge in [-0.2, -0.15) is 5.10 Å². The lowest BCUT2D eigenvalue weighted by atomic mass is 9.79. The number of ether oxygens (including phenoxy) is 1. The van der Waals surface area contributed by atoms with E-state index in [4.69, 9.17) is 9.84 Å². The Morgan fingerprint density at radius 1 is 1.05 bits per heavy atom. The van der Waals surface area contributed by atoms with Gasteiger partial charge in [-0.1, -0.05) is 25.1 Å². The van der Waals surface area contributed by atoms with Crippen molar-refractivity contribution in [1.29, 1.82) is 0 Å². The minimum absolute atomic E-state index is 0.178. The fourth-order valence-electron chi connectivity index (χ4n) is 7.26. The molecule has 5 heterocycles. The van der Waals surface area contributed by atoms with Gasteiger partial charge in [0.25, 0.3) is 5.91 Å². The molecule has 3 aromatic rings. The van der Waals surface area contributed by atoms with Gasteiger partial charge in [0.1, 0.15) is 6.04 Å². The number of carbonyl (C=O) groups is 4. The molecule has 1 atom stereocenters. The Balaban J connectivity index is 1.09. The summed E-state index contributed by atoms with van der Waals surface area (Å²) < 4.78 is 7.56. The Morgan fingerprint density at radius 2 is 1.81 bits per heavy atom. The first-order chi connectivity index (χ1) is 20.7. The lowest BCUT2D eigenvalue weighted by molar-refractivity contribution is -0.148. The number of benzene rings is 2. The molecule has 4 aliphatic heterocycles. The Kier molecular flexibility index (Phi) is 6.65. The molecule has 0 radical (unpaired) electrons. The van der Waals surface area contributed by atoms with E-state index < -0.39 is 11.9 Å². The molecule has 4 amide bonds. The summed E-state index contributed by atoms with van der Waals surface area (Å²) in [6, 6.07) is 8.97. The number of piperidine rings is 2. The highest BCUT2D eigenvalue weighted by atomic mass is 16.5. The zero-order chi connectivity index (χ0) is 29.9. The van der Waals surface area contributed by atoms with Gasteiger partial charge in [-0.15, -0.1) is 0 Å². The Labute approximate surface area is 250 Å². The molecule has 3 saturated heterocycles. The summed E-state index contributed by atoms with van der Waals surface area (Å²) in [7, 11) is 0. The normalized spacial score (nSPS) is 23.1. The number of anilines is 1. The van der Waals surface area contributed by atoms with Crippen LogP contribution in [0.15, 0.2) is 42.7 Å². The number of hydrogen-bond donors (Lipinski definition) is 1. The molecule has 10 heteroatoms. The molecule has 0 bridgehead atoms. The van der Waals surface area contributed by atoms with E-state index in [1.807, 2.05) is 41.4 Å². The molecule has 1 unspecified atom stereocenters. The van der Waals surface area contributed by atoms with Gasteiger partial charge in [0.2, 0.25) is 17.7 Å². The molecule has 0 aliphatic carbocycles. The van der Waals surface area contributed by atoms with Crippen LogP contribution >= 0.6 is 0 Å². The van der Waals surface area contributed by atoms with E-state index in [0.717, 1.165) is 47.6 Å². The predicted molar refractivity (Wildman–Crippen MR) is 160 cm³/mol. The van der Waals surface area contributed by atoms with Gasteiger partial charge in [0.15, 0.2) is 0 Å². The Morgan fingerprint density at radius 3 is 2.56 bits per heavy atom. The zero-order valence-corrected chi connectivity index (χ0v) is 24.7. The lowest BCUT2D eigenvalue weighted by Gasteiger charge is -2.43. The number of hydrogen-bond acceptors (Lipinski definition) is 6. The van der Waals surface area contributed by atoms with Gasteiger partial charge >= 0.3 is 0 Å². The van der Waals surface area contributed by atoms with Gasteiger partial charge < -0.3 is 9.64 Å². The third-order valence-corrected chi connectivity index (χ3v) is 10.2. The minimum atomic E-state index is -0.702. The van der Waals surface area contributed by atoms with Crippen molar-refractivity contribution < 1.29 is 23.9 Å². The third kappa shape index (κ3) is 4.63. The highest BCUT2D eigenvalue weighted by molar-refractivity contribution is 6.27. The number of nitrogens with one attached hydrogen (secondary N) is 1. The maximum Gasteiger partial charge on any atom is 0.259 e. The van der Waals surface area contributed by atoms with E-state index in [0.29, 0.717) is 50.4 Å². The van der Waals surface area contributed by atoms with Gasteiger partial charge in [0, 0.05) is 56.3 Å². The van der Waals surface area contributed by atoms with Gasteiger partial charge in [-0.05, 0) is 67.7 Å². The molecule has 1 N–H and O–H groups in total. The van der Waals surface area contributed by atoms with E-state index in [1.54, 1.807) is 4.90 Å². The van der Waals surface area contributed by atoms with E-state index in [1.165, 1.54) is 0 Å². The van der Waals surface area contributed by atoms with Crippen molar-refractivity contribution in [3.05, 3.63) is 59.4 Å². The summed E-state index contributed by atoms with van der Waals surface area (Å²) in [5.74, 6) is -0.684. The maximum atomic E-state index is 13.5. The van der Waals surface area contributed by atoms with Crippen LogP contribution < -0.4 is 10.2 Å². The summed E-state index contributed by atoms with van der Waals surface area (Å²) in [4.78, 5) is 54.8. The molecular formula is C33H37N5O5. The van der Waals surface area contributed by atoms with Crippen LogP contribution in [0.1, 0.15) is 73.9 Å². The summed E-state index contributed by atoms with van der Waals surface area (Å²) in [6.07, 6.45) is 8.43. The second-order valence-corrected chi connectivity index (χ2v) is 13.0. The SMILES string of the molecule is CC1(C(=O)N2CCC(C)(n3cc(Cc4ccc5c6c(cccc46)C(=O)N5C4CCC(=O)NC4=O)cn3)CC2)CCOCC1. The molecule has 0 saturated carbocycles. The van der Waals surface area contributed by atoms with Crippen molar-refractivity contribution in [2.75, 3.05) is 31.2 Å². The van der Waals surface area contributed by atoms with Crippen molar-refractivity contribution in [2.45, 2.75) is 70.4 Å². The number of amides is 4. The average Bonchev–Trinajstić information content (AvgIpc) is 3.59. The Bertz CT molecular complexity index is 1650. The molecule has 4 aliphatic rings. The van der Waals surface area contributed by atoms with Crippen LogP contribution in [0.25, 0.3) is 10.8 Å². The van der Waals surface area contributed by atoms with Crippen molar-refractivity contribution in [3.8, 4) is 0 Å². The standard InChI is InChI=1S/C33H37N5O5/c1-32(12-16-43-17-13-32)31(42)36-14-10-33(2,11-15-36)37-20-21(19-34-37)18-22-6-7-25-28-23(22)4-3-5-24(28)30(41)38(25)26-8-9-27(39)35-29(26)40/h3-7,19-20,26H,8-18H2,1-2H3,(H,35,39,40). The minimum Gasteiger partial charge on any atom is -0.381 e. The highest BCUT2D eigenvalue weighted by Crippen LogP contribution is 2.42. The number of aromatic nitrogens is 2. The van der Waals surface area contributed by atoms with Crippen molar-refractivity contribution in [3.63, 3.8) is 0 Å². The predicted octanol–water partition coefficient (Wildman–Crippen LogP) is 3.55. The van der Waals surface area contributed by atoms with Crippen LogP contribution in [-0.2, 0) is 31.1 Å². The molecule has 1 aromatic heterocycles. The first kappa shape index (κ1) is 27.8. The first-order valence-electron chi connectivity index (χ1n) is 15.3. The zero-order valence-electron chi connectivity index (χ0n) is 24.7. The van der Waals surface area contributed by atoms with Crippen LogP contribution in [0.2, 0.25) is 0 Å². The van der Waals surface area contributed by atoms with Crippen LogP contribution in [-0.4, -0.2) is 70.7 Å². The van der Waals surface area contributed by atoms with E-state index >= 15 is 0 Å². The average molecular weight is 584 g/mol. The first-order valence-corrected chi connectivity index (χ1v) is 15.3. The van der Waals surface area contributed by atoms with Crippen LogP contribution in [0.5, 0.6) is 0 Å². The van der Waals surface area contributed by atoms with Crippen LogP contribution in [0.3, 0.4) is 0 Å². The largest absolute Gasteiger partial charge is 0.381 e. The Hall–Kier alpha value is -4.05. The quantitative estimate of drug-likeness (QED) is 0.460. The monoisotopic (exact) mass is 583 g/mol. The topological polar surface area (TPSA) is 114 Å². The van der Waals surface area contributed by atoms with Gasteiger partial charge in [-0.25, -0.2) is 0 Å². The highest BCUT2D eigenvalue weighted by Gasteiger charge is 2.43. The summed E-state index contributed by atoms with van der Waals surface area (Å²) >= 11 is 0. The summed E-state index contributed by atoms with van der Waals surface area (Å²) in [6.45, 7) is 7.03. The third-order valence-electron chi connectivity index (χ3n) is 10.2. The molecular weight excluding hydrogens is 546 g/mol. The van der Waals surface area contributed by atoms with Crippen molar-refractivity contribution in [1.82, 2.24) is 20.0 Å². The molecule has 224 valence electrons. The number of nitrogens with zero attached hydrogens (tertiary/aromatic N) is 4. The smallest absolute Gasteiger partial charge is 0.259 e. The molecule has 10 nitrogen and oxygen atoms in total. The summed E-state index contributed by atoms with van der Waals surface area (Å²) in [5.41, 5.74) is 2.94. The second-order valence-electron chi connectivity index (χ2n) is 13.0. The van der Waals surface area contributed by atoms with E-state index in [9.17, 15) is 19.2 Å². The fraction of sp³-hybridized carbons (Fsp3) is 0.485. The van der Waals surface area contributed by atoms with Gasteiger partial charge in [0.05, 0.1) is 22.8 Å². The number of carbonyl (C=O) groups excluding carboxylic acids is 4. The van der Waals surface area contributed by atoms with Crippen LogP contribution in [0, 0.1) is 5.41 Å². The fourth-order valence-corrected chi connectivity index (χ4v) is 7.26. The molecule has 0 spiro atoms. The second kappa shape index (κ2) is 10.3. The number of imide groups is 1. The van der Waals surface area contributed by atoms with E-state index in [2.05, 4.69) is 30.0 Å². The van der Waals surface area contributed by atoms with Crippen molar-refractivity contribution >= 4 is 40.1 Å². The molecule has 43 heavy (non-hydrogen) atoms. The van der Waals surface area contributed by atoms with Crippen molar-refractivity contribution in [2.24, 2.45) is 5.41 Å². The maximum absolute atomic E-state index is 13.5.